The van der Waals surface area contributed by atoms with E-state index < -0.39 is 18.6 Å². The van der Waals surface area contributed by atoms with Crippen LogP contribution in [0.5, 0.6) is 11.5 Å². The smallest absolute Gasteiger partial charge is 0.390 e. The lowest BCUT2D eigenvalue weighted by atomic mass is 10.0. The Balaban J connectivity index is 2.28. The van der Waals surface area contributed by atoms with Gasteiger partial charge in [-0.15, -0.1) is 0 Å². The van der Waals surface area contributed by atoms with Crippen LogP contribution >= 0.6 is 15.9 Å². The van der Waals surface area contributed by atoms with E-state index in [1.165, 1.54) is 6.07 Å². The molecular formula is C12H13BrF3NO2. The molecule has 7 heteroatoms. The van der Waals surface area contributed by atoms with Gasteiger partial charge < -0.3 is 15.2 Å². The zero-order valence-corrected chi connectivity index (χ0v) is 11.6. The van der Waals surface area contributed by atoms with Gasteiger partial charge in [-0.25, -0.2) is 0 Å². The Bertz CT molecular complexity index is 465. The highest BCUT2D eigenvalue weighted by Crippen LogP contribution is 2.40. The van der Waals surface area contributed by atoms with E-state index >= 15 is 0 Å². The maximum Gasteiger partial charge on any atom is 0.390 e. The first-order valence-corrected chi connectivity index (χ1v) is 6.57. The van der Waals surface area contributed by atoms with Gasteiger partial charge in [0.25, 0.3) is 0 Å². The molecule has 1 heterocycles. The molecule has 1 atom stereocenters. The summed E-state index contributed by atoms with van der Waals surface area (Å²) in [5, 5.41) is 0. The third-order valence-corrected chi connectivity index (χ3v) is 3.29. The minimum Gasteiger partial charge on any atom is -0.490 e. The van der Waals surface area contributed by atoms with Crippen LogP contribution in [0.4, 0.5) is 13.2 Å². The lowest BCUT2D eigenvalue weighted by molar-refractivity contribution is -0.138. The van der Waals surface area contributed by atoms with Gasteiger partial charge in [0.2, 0.25) is 0 Å². The fourth-order valence-electron chi connectivity index (χ4n) is 1.83. The summed E-state index contributed by atoms with van der Waals surface area (Å²) in [5.41, 5.74) is 5.95. The Labute approximate surface area is 117 Å². The Morgan fingerprint density at radius 1 is 1.26 bits per heavy atom. The fraction of sp³-hybridized carbons (Fsp3) is 0.500. The molecule has 0 unspecified atom stereocenters. The molecule has 0 radical (unpaired) electrons. The number of fused-ring (bicyclic) bond motifs is 1. The number of hydrogen-bond acceptors (Lipinski definition) is 3. The largest absolute Gasteiger partial charge is 0.490 e. The van der Waals surface area contributed by atoms with Gasteiger partial charge in [-0.1, -0.05) is 0 Å². The summed E-state index contributed by atoms with van der Waals surface area (Å²) in [7, 11) is 0. The maximum absolute atomic E-state index is 12.3. The lowest BCUT2D eigenvalue weighted by Crippen LogP contribution is -2.20. The third kappa shape index (κ3) is 3.76. The van der Waals surface area contributed by atoms with Crippen LogP contribution in [-0.4, -0.2) is 19.4 Å². The topological polar surface area (TPSA) is 44.5 Å². The van der Waals surface area contributed by atoms with Gasteiger partial charge in [-0.05, 0) is 33.6 Å². The number of alkyl halides is 3. The van der Waals surface area contributed by atoms with Crippen LogP contribution in [0.3, 0.4) is 0 Å². The maximum atomic E-state index is 12.3. The molecule has 0 spiro atoms. The first kappa shape index (κ1) is 14.5. The van der Waals surface area contributed by atoms with Crippen LogP contribution < -0.4 is 15.2 Å². The van der Waals surface area contributed by atoms with Crippen molar-refractivity contribution in [3.63, 3.8) is 0 Å². The SMILES string of the molecule is N[C@@H](CC(F)(F)F)c1cc(Br)c2c(c1)OCCCO2. The summed E-state index contributed by atoms with van der Waals surface area (Å²) in [6, 6.07) is 1.94. The Hall–Kier alpha value is -0.950. The zero-order chi connectivity index (χ0) is 14.0. The minimum absolute atomic E-state index is 0.369. The minimum atomic E-state index is -4.30. The average Bonchev–Trinajstić information content (AvgIpc) is 2.51. The molecule has 19 heavy (non-hydrogen) atoms. The van der Waals surface area contributed by atoms with Crippen molar-refractivity contribution in [1.82, 2.24) is 0 Å². The summed E-state index contributed by atoms with van der Waals surface area (Å²) in [5.74, 6) is 0.944. The zero-order valence-electron chi connectivity index (χ0n) is 9.97. The molecule has 1 aromatic carbocycles. The molecule has 0 fully saturated rings. The van der Waals surface area contributed by atoms with Crippen LogP contribution in [0.1, 0.15) is 24.4 Å². The normalized spacial score (nSPS) is 16.9. The standard InChI is InChI=1S/C12H13BrF3NO2/c13-8-4-7(9(17)6-12(14,15)16)5-10-11(8)19-3-1-2-18-10/h4-5,9H,1-3,6,17H2/t9-/m0/s1. The fourth-order valence-corrected chi connectivity index (χ4v) is 2.41. The van der Waals surface area contributed by atoms with E-state index in [9.17, 15) is 13.2 Å². The highest BCUT2D eigenvalue weighted by atomic mass is 79.9. The molecule has 0 amide bonds. The van der Waals surface area contributed by atoms with Gasteiger partial charge in [0.1, 0.15) is 0 Å². The van der Waals surface area contributed by atoms with Crippen LogP contribution in [0, 0.1) is 0 Å². The molecular weight excluding hydrogens is 327 g/mol. The summed E-state index contributed by atoms with van der Waals surface area (Å²) in [4.78, 5) is 0. The van der Waals surface area contributed by atoms with Crippen molar-refractivity contribution in [2.45, 2.75) is 25.1 Å². The van der Waals surface area contributed by atoms with Crippen molar-refractivity contribution in [3.05, 3.63) is 22.2 Å². The van der Waals surface area contributed by atoms with Gasteiger partial charge in [0.05, 0.1) is 24.1 Å². The quantitative estimate of drug-likeness (QED) is 0.895. The van der Waals surface area contributed by atoms with E-state index in [-0.39, 0.29) is 0 Å². The molecule has 1 aliphatic rings. The average molecular weight is 340 g/mol. The van der Waals surface area contributed by atoms with E-state index in [1.54, 1.807) is 6.07 Å². The molecule has 2 rings (SSSR count). The molecule has 2 N–H and O–H groups in total. The van der Waals surface area contributed by atoms with Crippen LogP contribution in [0.2, 0.25) is 0 Å². The number of hydrogen-bond donors (Lipinski definition) is 1. The highest BCUT2D eigenvalue weighted by Gasteiger charge is 2.31. The van der Waals surface area contributed by atoms with Crippen molar-refractivity contribution in [1.29, 1.82) is 0 Å². The number of ether oxygens (including phenoxy) is 2. The molecule has 0 saturated carbocycles. The molecule has 3 nitrogen and oxygen atoms in total. The van der Waals surface area contributed by atoms with E-state index in [1.807, 2.05) is 0 Å². The van der Waals surface area contributed by atoms with Crippen LogP contribution in [0.25, 0.3) is 0 Å². The van der Waals surface area contributed by atoms with Crippen molar-refractivity contribution in [2.24, 2.45) is 5.73 Å². The van der Waals surface area contributed by atoms with Gasteiger partial charge in [-0.2, -0.15) is 13.2 Å². The second-order valence-electron chi connectivity index (χ2n) is 4.31. The van der Waals surface area contributed by atoms with E-state index in [4.69, 9.17) is 15.2 Å². The van der Waals surface area contributed by atoms with E-state index in [2.05, 4.69) is 15.9 Å². The third-order valence-electron chi connectivity index (χ3n) is 2.70. The predicted molar refractivity (Wildman–Crippen MR) is 67.3 cm³/mol. The van der Waals surface area contributed by atoms with Crippen molar-refractivity contribution < 1.29 is 22.6 Å². The van der Waals surface area contributed by atoms with Crippen LogP contribution in [-0.2, 0) is 0 Å². The van der Waals surface area contributed by atoms with Crippen molar-refractivity contribution in [2.75, 3.05) is 13.2 Å². The molecule has 1 aliphatic heterocycles. The monoisotopic (exact) mass is 339 g/mol. The van der Waals surface area contributed by atoms with Crippen molar-refractivity contribution in [3.8, 4) is 11.5 Å². The first-order chi connectivity index (χ1) is 8.87. The summed E-state index contributed by atoms with van der Waals surface area (Å²) in [6.45, 7) is 0.983. The number of benzene rings is 1. The first-order valence-electron chi connectivity index (χ1n) is 5.78. The van der Waals surface area contributed by atoms with E-state index in [0.717, 1.165) is 6.42 Å². The Morgan fingerprint density at radius 2 is 1.95 bits per heavy atom. The molecule has 0 saturated heterocycles. The summed E-state index contributed by atoms with van der Waals surface area (Å²) < 4.78 is 48.5. The lowest BCUT2D eigenvalue weighted by Gasteiger charge is -2.17. The molecule has 0 aromatic heterocycles. The highest BCUT2D eigenvalue weighted by molar-refractivity contribution is 9.10. The van der Waals surface area contributed by atoms with E-state index in [0.29, 0.717) is 34.7 Å². The van der Waals surface area contributed by atoms with Gasteiger partial charge >= 0.3 is 6.18 Å². The Kier molecular flexibility index (Phi) is 4.25. The molecule has 0 bridgehead atoms. The second-order valence-corrected chi connectivity index (χ2v) is 5.16. The van der Waals surface area contributed by atoms with Crippen LogP contribution in [0.15, 0.2) is 16.6 Å². The molecule has 0 aliphatic carbocycles. The van der Waals surface area contributed by atoms with Gasteiger partial charge in [0.15, 0.2) is 11.5 Å². The molecule has 1 aromatic rings. The molecule has 106 valence electrons. The second kappa shape index (κ2) is 5.58. The number of nitrogens with two attached hydrogens (primary N) is 1. The predicted octanol–water partition coefficient (Wildman–Crippen LogP) is 3.56. The van der Waals surface area contributed by atoms with Gasteiger partial charge in [-0.3, -0.25) is 0 Å². The number of halogens is 4. The number of rotatable bonds is 2. The van der Waals surface area contributed by atoms with Crippen molar-refractivity contribution >= 4 is 15.9 Å². The Morgan fingerprint density at radius 3 is 2.63 bits per heavy atom. The van der Waals surface area contributed by atoms with Gasteiger partial charge in [0, 0.05) is 12.5 Å². The summed E-state index contributed by atoms with van der Waals surface area (Å²) >= 11 is 3.27. The summed E-state index contributed by atoms with van der Waals surface area (Å²) in [6.07, 6.45) is -4.64.